The van der Waals surface area contributed by atoms with E-state index in [2.05, 4.69) is 4.98 Å². The number of aromatic nitrogens is 2. The molecule has 10 heteroatoms. The topological polar surface area (TPSA) is 75.0 Å². The maximum atomic E-state index is 13.7. The lowest BCUT2D eigenvalue weighted by Gasteiger charge is -2.16. The Morgan fingerprint density at radius 3 is 1.90 bits per heavy atom. The molecule has 7 nitrogen and oxygen atoms in total. The first-order chi connectivity index (χ1) is 14.2. The highest BCUT2D eigenvalue weighted by molar-refractivity contribution is 5.82. The number of nitrogens with zero attached hydrogens (tertiary/aromatic N) is 2. The Labute approximate surface area is 170 Å². The van der Waals surface area contributed by atoms with Gasteiger partial charge in [0.1, 0.15) is 6.33 Å². The largest absolute Gasteiger partial charge is 0.504 e. The fourth-order valence-corrected chi connectivity index (χ4v) is 3.08. The van der Waals surface area contributed by atoms with Crippen LogP contribution in [0.5, 0.6) is 28.7 Å². The van der Waals surface area contributed by atoms with Crippen molar-refractivity contribution in [2.24, 2.45) is 0 Å². The van der Waals surface area contributed by atoms with Gasteiger partial charge < -0.3 is 24.1 Å². The molecule has 0 unspecified atom stereocenters. The van der Waals surface area contributed by atoms with Crippen LogP contribution < -0.4 is 18.9 Å². The molecule has 0 radical (unpaired) electrons. The van der Waals surface area contributed by atoms with Crippen LogP contribution in [0, 0.1) is 0 Å². The molecule has 1 N–H and O–H groups in total. The Bertz CT molecular complexity index is 1040. The molecule has 1 aromatic heterocycles. The number of phenolic OH excluding ortho intramolecular Hbond substituents is 1. The van der Waals surface area contributed by atoms with E-state index in [0.717, 1.165) is 0 Å². The predicted octanol–water partition coefficient (Wildman–Crippen LogP) is 4.43. The second-order valence-corrected chi connectivity index (χ2v) is 6.08. The van der Waals surface area contributed by atoms with E-state index in [-0.39, 0.29) is 44.5 Å². The zero-order valence-corrected chi connectivity index (χ0v) is 16.6. The van der Waals surface area contributed by atoms with Crippen LogP contribution in [0.2, 0.25) is 0 Å². The third-order valence-corrected chi connectivity index (χ3v) is 4.43. The monoisotopic (exact) mass is 424 g/mol. The van der Waals surface area contributed by atoms with Gasteiger partial charge >= 0.3 is 6.30 Å². The number of rotatable bonds is 6. The summed E-state index contributed by atoms with van der Waals surface area (Å²) in [6, 6.07) is 6.95. The number of hydrogen-bond acceptors (Lipinski definition) is 6. The van der Waals surface area contributed by atoms with Crippen LogP contribution in [0.25, 0.3) is 22.5 Å². The molecule has 0 saturated carbocycles. The molecule has 3 aromatic rings. The molecule has 0 aliphatic rings. The Hall–Kier alpha value is -3.56. The van der Waals surface area contributed by atoms with Gasteiger partial charge in [0.25, 0.3) is 0 Å². The average Bonchev–Trinajstić information content (AvgIpc) is 3.18. The molecule has 0 aliphatic carbocycles. The lowest BCUT2D eigenvalue weighted by molar-refractivity contribution is -0.202. The summed E-state index contributed by atoms with van der Waals surface area (Å²) < 4.78 is 62.0. The standard InChI is InChI=1S/C20H19F3N2O5/c1-27-14-6-5-11(7-13(14)26)18-17(24-10-25(18)20(21,22)23)12-8-15(28-2)19(30-4)16(9-12)29-3/h5-10,26H,1-4H3. The predicted molar refractivity (Wildman–Crippen MR) is 102 cm³/mol. The van der Waals surface area contributed by atoms with Crippen molar-refractivity contribution in [2.75, 3.05) is 28.4 Å². The van der Waals surface area contributed by atoms with Gasteiger partial charge in [-0.25, -0.2) is 9.55 Å². The van der Waals surface area contributed by atoms with E-state index in [1.54, 1.807) is 0 Å². The highest BCUT2D eigenvalue weighted by Gasteiger charge is 2.35. The van der Waals surface area contributed by atoms with Crippen molar-refractivity contribution in [2.45, 2.75) is 6.30 Å². The van der Waals surface area contributed by atoms with Gasteiger partial charge in [-0.05, 0) is 30.3 Å². The average molecular weight is 424 g/mol. The number of ether oxygens (including phenoxy) is 4. The summed E-state index contributed by atoms with van der Waals surface area (Å²) in [5.41, 5.74) is 0.135. The summed E-state index contributed by atoms with van der Waals surface area (Å²) >= 11 is 0. The summed E-state index contributed by atoms with van der Waals surface area (Å²) in [5, 5.41) is 10.1. The maximum absolute atomic E-state index is 13.7. The Balaban J connectivity index is 2.30. The van der Waals surface area contributed by atoms with Gasteiger partial charge in [-0.1, -0.05) is 0 Å². The lowest BCUT2D eigenvalue weighted by atomic mass is 10.0. The highest BCUT2D eigenvalue weighted by atomic mass is 19.4. The van der Waals surface area contributed by atoms with Gasteiger partial charge in [0.2, 0.25) is 5.75 Å². The zero-order chi connectivity index (χ0) is 22.1. The van der Waals surface area contributed by atoms with Crippen LogP contribution in [0.4, 0.5) is 13.2 Å². The number of imidazole rings is 1. The van der Waals surface area contributed by atoms with Gasteiger partial charge in [-0.3, -0.25) is 0 Å². The van der Waals surface area contributed by atoms with Crippen LogP contribution in [0.1, 0.15) is 0 Å². The van der Waals surface area contributed by atoms with Crippen molar-refractivity contribution >= 4 is 0 Å². The second kappa shape index (κ2) is 8.05. The molecule has 0 atom stereocenters. The van der Waals surface area contributed by atoms with Crippen LogP contribution >= 0.6 is 0 Å². The van der Waals surface area contributed by atoms with E-state index in [1.807, 2.05) is 0 Å². The maximum Gasteiger partial charge on any atom is 0.490 e. The number of benzene rings is 2. The molecular formula is C20H19F3N2O5. The minimum Gasteiger partial charge on any atom is -0.504 e. The van der Waals surface area contributed by atoms with E-state index in [9.17, 15) is 18.3 Å². The Morgan fingerprint density at radius 1 is 0.833 bits per heavy atom. The van der Waals surface area contributed by atoms with Gasteiger partial charge in [-0.2, -0.15) is 0 Å². The van der Waals surface area contributed by atoms with Crippen molar-refractivity contribution in [3.05, 3.63) is 36.7 Å². The quantitative estimate of drug-likeness (QED) is 0.631. The summed E-state index contributed by atoms with van der Waals surface area (Å²) in [6.07, 6.45) is -4.06. The fraction of sp³-hybridized carbons (Fsp3) is 0.250. The Kier molecular flexibility index (Phi) is 5.68. The smallest absolute Gasteiger partial charge is 0.490 e. The number of alkyl halides is 3. The van der Waals surface area contributed by atoms with E-state index in [4.69, 9.17) is 18.9 Å². The summed E-state index contributed by atoms with van der Waals surface area (Å²) in [5.74, 6) is 0.642. The lowest BCUT2D eigenvalue weighted by Crippen LogP contribution is -2.16. The number of halogens is 3. The van der Waals surface area contributed by atoms with Gasteiger partial charge in [-0.15, -0.1) is 13.2 Å². The molecule has 0 fully saturated rings. The normalized spacial score (nSPS) is 11.3. The van der Waals surface area contributed by atoms with Gasteiger partial charge in [0, 0.05) is 11.1 Å². The molecule has 0 bridgehead atoms. The number of hydrogen-bond donors (Lipinski definition) is 1. The summed E-state index contributed by atoms with van der Waals surface area (Å²) in [6.45, 7) is 0. The van der Waals surface area contributed by atoms with E-state index >= 15 is 0 Å². The van der Waals surface area contributed by atoms with Gasteiger partial charge in [0.15, 0.2) is 23.0 Å². The molecule has 2 aromatic carbocycles. The fourth-order valence-electron chi connectivity index (χ4n) is 3.08. The summed E-state index contributed by atoms with van der Waals surface area (Å²) in [7, 11) is 5.57. The van der Waals surface area contributed by atoms with Crippen molar-refractivity contribution in [3.8, 4) is 51.3 Å². The van der Waals surface area contributed by atoms with E-state index in [1.165, 1.54) is 58.8 Å². The van der Waals surface area contributed by atoms with Crippen LogP contribution in [0.15, 0.2) is 36.7 Å². The zero-order valence-electron chi connectivity index (χ0n) is 16.6. The van der Waals surface area contributed by atoms with Crippen molar-refractivity contribution in [3.63, 3.8) is 0 Å². The second-order valence-electron chi connectivity index (χ2n) is 6.08. The Morgan fingerprint density at radius 2 is 1.43 bits per heavy atom. The first kappa shape index (κ1) is 21.2. The molecule has 3 rings (SSSR count). The molecule has 1 heterocycles. The third-order valence-electron chi connectivity index (χ3n) is 4.43. The minimum absolute atomic E-state index is 0.0103. The van der Waals surface area contributed by atoms with Crippen molar-refractivity contribution < 1.29 is 37.2 Å². The molecule has 0 spiro atoms. The summed E-state index contributed by atoms with van der Waals surface area (Å²) in [4.78, 5) is 3.99. The minimum atomic E-state index is -4.74. The molecule has 30 heavy (non-hydrogen) atoms. The molecular weight excluding hydrogens is 405 g/mol. The molecule has 0 saturated heterocycles. The molecule has 0 amide bonds. The first-order valence-corrected chi connectivity index (χ1v) is 8.57. The SMILES string of the molecule is COc1ccc(-c2c(-c3cc(OC)c(OC)c(OC)c3)ncn2C(F)(F)F)cc1O. The third kappa shape index (κ3) is 3.68. The highest BCUT2D eigenvalue weighted by Crippen LogP contribution is 2.45. The van der Waals surface area contributed by atoms with E-state index in [0.29, 0.717) is 17.6 Å². The van der Waals surface area contributed by atoms with Crippen molar-refractivity contribution in [1.82, 2.24) is 9.55 Å². The van der Waals surface area contributed by atoms with E-state index < -0.39 is 6.30 Å². The van der Waals surface area contributed by atoms with Gasteiger partial charge in [0.05, 0.1) is 39.8 Å². The van der Waals surface area contributed by atoms with Crippen LogP contribution in [-0.2, 0) is 6.30 Å². The molecule has 160 valence electrons. The first-order valence-electron chi connectivity index (χ1n) is 8.57. The number of methoxy groups -OCH3 is 4. The van der Waals surface area contributed by atoms with Crippen molar-refractivity contribution in [1.29, 1.82) is 0 Å². The van der Waals surface area contributed by atoms with Crippen LogP contribution in [-0.4, -0.2) is 43.1 Å². The molecule has 0 aliphatic heterocycles. The number of aromatic hydroxyl groups is 1. The van der Waals surface area contributed by atoms with Crippen LogP contribution in [0.3, 0.4) is 0 Å². The number of phenols is 1.